The molecule has 0 aliphatic heterocycles. The van der Waals surface area contributed by atoms with Crippen molar-refractivity contribution in [2.75, 3.05) is 13.7 Å². The van der Waals surface area contributed by atoms with Crippen LogP contribution >= 0.6 is 0 Å². The monoisotopic (exact) mass is 288 g/mol. The molecule has 1 aromatic heterocycles. The predicted octanol–water partition coefficient (Wildman–Crippen LogP) is 2.93. The largest absolute Gasteiger partial charge is 0.494 e. The molecule has 21 heavy (non-hydrogen) atoms. The summed E-state index contributed by atoms with van der Waals surface area (Å²) in [6.45, 7) is 5.22. The summed E-state index contributed by atoms with van der Waals surface area (Å²) in [5, 5.41) is 4.16. The number of rotatable bonds is 7. The Balaban J connectivity index is 2.33. The molecule has 0 saturated heterocycles. The van der Waals surface area contributed by atoms with E-state index in [0.717, 1.165) is 6.42 Å². The average molecular weight is 288 g/mol. The molecule has 1 aromatic carbocycles. The van der Waals surface area contributed by atoms with Gasteiger partial charge in [0.25, 0.3) is 0 Å². The fraction of sp³-hybridized carbons (Fsp3) is 0.375. The Morgan fingerprint density at radius 3 is 2.81 bits per heavy atom. The zero-order chi connectivity index (χ0) is 15.2. The van der Waals surface area contributed by atoms with Crippen LogP contribution in [0.2, 0.25) is 0 Å². The molecule has 0 aliphatic carbocycles. The summed E-state index contributed by atoms with van der Waals surface area (Å²) in [7, 11) is 1.54. The molecule has 0 radical (unpaired) electrons. The van der Waals surface area contributed by atoms with Crippen LogP contribution in [0.15, 0.2) is 30.5 Å². The van der Waals surface area contributed by atoms with Crippen molar-refractivity contribution in [1.29, 1.82) is 0 Å². The molecular weight excluding hydrogens is 268 g/mol. The van der Waals surface area contributed by atoms with Gasteiger partial charge in [-0.15, -0.1) is 0 Å². The summed E-state index contributed by atoms with van der Waals surface area (Å²) in [6, 6.07) is 7.19. The number of ketones is 1. The summed E-state index contributed by atoms with van der Waals surface area (Å²) in [5.41, 5.74) is 1.03. The molecule has 0 bridgehead atoms. The molecule has 5 heteroatoms. The maximum atomic E-state index is 12.7. The maximum Gasteiger partial charge on any atom is 0.214 e. The van der Waals surface area contributed by atoms with E-state index in [0.29, 0.717) is 35.9 Å². The molecule has 0 N–H and O–H groups in total. The average Bonchev–Trinajstić information content (AvgIpc) is 2.95. The minimum atomic E-state index is -0.117. The highest BCUT2D eigenvalue weighted by Gasteiger charge is 2.20. The van der Waals surface area contributed by atoms with E-state index in [2.05, 4.69) is 5.10 Å². The SMILES string of the molecule is CCCOc1cccc(C(=O)c2c(OC)cnn2CC)c1. The van der Waals surface area contributed by atoms with Gasteiger partial charge in [0.2, 0.25) is 5.78 Å². The van der Waals surface area contributed by atoms with Crippen LogP contribution in [0.1, 0.15) is 36.3 Å². The first-order valence-corrected chi connectivity index (χ1v) is 7.08. The molecule has 0 unspecified atom stereocenters. The lowest BCUT2D eigenvalue weighted by Gasteiger charge is -2.09. The number of methoxy groups -OCH3 is 1. The zero-order valence-corrected chi connectivity index (χ0v) is 12.6. The van der Waals surface area contributed by atoms with Gasteiger partial charge < -0.3 is 9.47 Å². The van der Waals surface area contributed by atoms with Crippen LogP contribution in [0, 0.1) is 0 Å². The van der Waals surface area contributed by atoms with Gasteiger partial charge in [0, 0.05) is 12.1 Å². The van der Waals surface area contributed by atoms with Crippen molar-refractivity contribution in [2.24, 2.45) is 0 Å². The Morgan fingerprint density at radius 1 is 1.33 bits per heavy atom. The highest BCUT2D eigenvalue weighted by Crippen LogP contribution is 2.23. The van der Waals surface area contributed by atoms with Crippen molar-refractivity contribution in [3.63, 3.8) is 0 Å². The van der Waals surface area contributed by atoms with E-state index in [1.165, 1.54) is 7.11 Å². The topological polar surface area (TPSA) is 53.4 Å². The second-order valence-electron chi connectivity index (χ2n) is 4.58. The number of hydrogen-bond acceptors (Lipinski definition) is 4. The van der Waals surface area contributed by atoms with Crippen molar-refractivity contribution in [1.82, 2.24) is 9.78 Å². The number of hydrogen-bond donors (Lipinski definition) is 0. The standard InChI is InChI=1S/C16H20N2O3/c1-4-9-21-13-8-6-7-12(10-13)16(19)15-14(20-3)11-17-18(15)5-2/h6-8,10-11H,4-5,9H2,1-3H3. The van der Waals surface area contributed by atoms with Gasteiger partial charge in [-0.3, -0.25) is 9.48 Å². The summed E-state index contributed by atoms with van der Waals surface area (Å²) in [5.74, 6) is 1.07. The van der Waals surface area contributed by atoms with Crippen molar-refractivity contribution < 1.29 is 14.3 Å². The van der Waals surface area contributed by atoms with Gasteiger partial charge in [0.05, 0.1) is 19.9 Å². The quantitative estimate of drug-likeness (QED) is 0.735. The molecule has 0 fully saturated rings. The maximum absolute atomic E-state index is 12.7. The van der Waals surface area contributed by atoms with E-state index >= 15 is 0 Å². The van der Waals surface area contributed by atoms with Crippen LogP contribution < -0.4 is 9.47 Å². The Hall–Kier alpha value is -2.30. The molecule has 0 amide bonds. The van der Waals surface area contributed by atoms with Crippen molar-refractivity contribution in [3.8, 4) is 11.5 Å². The zero-order valence-electron chi connectivity index (χ0n) is 12.6. The fourth-order valence-corrected chi connectivity index (χ4v) is 2.07. The Bertz CT molecular complexity index is 598. The van der Waals surface area contributed by atoms with Crippen molar-refractivity contribution in [3.05, 3.63) is 41.7 Å². The summed E-state index contributed by atoms with van der Waals surface area (Å²) < 4.78 is 12.4. The van der Waals surface area contributed by atoms with E-state index < -0.39 is 0 Å². The lowest BCUT2D eigenvalue weighted by Crippen LogP contribution is -2.12. The van der Waals surface area contributed by atoms with Gasteiger partial charge in [0.1, 0.15) is 5.75 Å². The van der Waals surface area contributed by atoms with E-state index in [9.17, 15) is 4.79 Å². The number of carbonyl (C=O) groups is 1. The summed E-state index contributed by atoms with van der Waals surface area (Å²) >= 11 is 0. The smallest absolute Gasteiger partial charge is 0.214 e. The number of nitrogens with zero attached hydrogens (tertiary/aromatic N) is 2. The third-order valence-electron chi connectivity index (χ3n) is 3.11. The first-order chi connectivity index (χ1) is 10.2. The van der Waals surface area contributed by atoms with Gasteiger partial charge >= 0.3 is 0 Å². The third kappa shape index (κ3) is 3.24. The molecule has 112 valence electrons. The van der Waals surface area contributed by atoms with E-state index in [1.54, 1.807) is 23.0 Å². The number of aryl methyl sites for hydroxylation is 1. The normalized spacial score (nSPS) is 10.4. The Morgan fingerprint density at radius 2 is 2.14 bits per heavy atom. The predicted molar refractivity (Wildman–Crippen MR) is 80.1 cm³/mol. The Kier molecular flexibility index (Phi) is 4.98. The fourth-order valence-electron chi connectivity index (χ4n) is 2.07. The molecular formula is C16H20N2O3. The minimum absolute atomic E-state index is 0.117. The summed E-state index contributed by atoms with van der Waals surface area (Å²) in [4.78, 5) is 12.7. The van der Waals surface area contributed by atoms with E-state index in [4.69, 9.17) is 9.47 Å². The van der Waals surface area contributed by atoms with Gasteiger partial charge in [-0.25, -0.2) is 0 Å². The van der Waals surface area contributed by atoms with Crippen LogP contribution in [0.5, 0.6) is 11.5 Å². The van der Waals surface area contributed by atoms with Crippen LogP contribution in [0.4, 0.5) is 0 Å². The van der Waals surface area contributed by atoms with Crippen LogP contribution in [0.3, 0.4) is 0 Å². The number of ether oxygens (including phenoxy) is 2. The second-order valence-corrected chi connectivity index (χ2v) is 4.58. The highest BCUT2D eigenvalue weighted by molar-refractivity contribution is 6.09. The molecule has 2 rings (SSSR count). The van der Waals surface area contributed by atoms with Crippen LogP contribution in [0.25, 0.3) is 0 Å². The molecule has 0 saturated carbocycles. The number of benzene rings is 1. The van der Waals surface area contributed by atoms with E-state index in [-0.39, 0.29) is 5.78 Å². The van der Waals surface area contributed by atoms with Gasteiger partial charge in [-0.2, -0.15) is 5.10 Å². The van der Waals surface area contributed by atoms with Gasteiger partial charge in [0.15, 0.2) is 11.4 Å². The second kappa shape index (κ2) is 6.92. The van der Waals surface area contributed by atoms with E-state index in [1.807, 2.05) is 26.0 Å². The molecule has 2 aromatic rings. The lowest BCUT2D eigenvalue weighted by molar-refractivity contribution is 0.102. The molecule has 5 nitrogen and oxygen atoms in total. The number of carbonyl (C=O) groups excluding carboxylic acids is 1. The molecule has 1 heterocycles. The molecule has 0 atom stereocenters. The van der Waals surface area contributed by atoms with Crippen LogP contribution in [-0.2, 0) is 6.54 Å². The van der Waals surface area contributed by atoms with Gasteiger partial charge in [-0.1, -0.05) is 19.1 Å². The van der Waals surface area contributed by atoms with Crippen LogP contribution in [-0.4, -0.2) is 29.3 Å². The first-order valence-electron chi connectivity index (χ1n) is 7.08. The van der Waals surface area contributed by atoms with Gasteiger partial charge in [-0.05, 0) is 25.5 Å². The Labute approximate surface area is 124 Å². The summed E-state index contributed by atoms with van der Waals surface area (Å²) in [6.07, 6.45) is 2.49. The van der Waals surface area contributed by atoms with Crippen molar-refractivity contribution >= 4 is 5.78 Å². The number of aromatic nitrogens is 2. The lowest BCUT2D eigenvalue weighted by atomic mass is 10.1. The third-order valence-corrected chi connectivity index (χ3v) is 3.11. The minimum Gasteiger partial charge on any atom is -0.494 e. The molecule has 0 aliphatic rings. The van der Waals surface area contributed by atoms with Crippen molar-refractivity contribution in [2.45, 2.75) is 26.8 Å². The highest BCUT2D eigenvalue weighted by atomic mass is 16.5. The molecule has 0 spiro atoms. The first kappa shape index (κ1) is 15.1.